The summed E-state index contributed by atoms with van der Waals surface area (Å²) in [7, 11) is -3.38. The number of benzene rings is 1. The van der Waals surface area contributed by atoms with E-state index in [0.29, 0.717) is 12.2 Å². The predicted octanol–water partition coefficient (Wildman–Crippen LogP) is 3.20. The van der Waals surface area contributed by atoms with Crippen molar-refractivity contribution >= 4 is 31.6 Å². The van der Waals surface area contributed by atoms with Crippen LogP contribution in [0.15, 0.2) is 16.6 Å². The lowest BCUT2D eigenvalue weighted by molar-refractivity contribution is 0.575. The van der Waals surface area contributed by atoms with Crippen LogP contribution in [0.3, 0.4) is 0 Å². The minimum absolute atomic E-state index is 0.456. The van der Waals surface area contributed by atoms with Gasteiger partial charge in [-0.25, -0.2) is 8.42 Å². The molecular weight excluding hydrogens is 340 g/mol. The molecule has 0 aliphatic rings. The van der Waals surface area contributed by atoms with Gasteiger partial charge in [-0.1, -0.05) is 22.9 Å². The third-order valence-electron chi connectivity index (χ3n) is 3.13. The molecule has 1 unspecified atom stereocenters. The fourth-order valence-corrected chi connectivity index (χ4v) is 3.74. The maximum Gasteiger partial charge on any atom is 0.236 e. The number of hydrogen-bond acceptors (Lipinski definition) is 3. The van der Waals surface area contributed by atoms with E-state index in [1.54, 1.807) is 6.92 Å². The second-order valence-electron chi connectivity index (χ2n) is 5.08. The highest BCUT2D eigenvalue weighted by Crippen LogP contribution is 2.26. The number of nitrogens with one attached hydrogen (secondary N) is 2. The number of rotatable bonds is 7. The van der Waals surface area contributed by atoms with Crippen molar-refractivity contribution in [1.82, 2.24) is 5.32 Å². The first-order valence-electron chi connectivity index (χ1n) is 6.77. The molecule has 0 aromatic heterocycles. The Morgan fingerprint density at radius 3 is 2.30 bits per heavy atom. The van der Waals surface area contributed by atoms with Crippen LogP contribution in [0, 0.1) is 13.8 Å². The third-order valence-corrected chi connectivity index (χ3v) is 5.30. The van der Waals surface area contributed by atoms with Crippen LogP contribution in [-0.2, 0) is 10.0 Å². The molecule has 1 atom stereocenters. The van der Waals surface area contributed by atoms with Crippen LogP contribution in [0.25, 0.3) is 0 Å². The Labute approximate surface area is 130 Å². The molecule has 0 radical (unpaired) electrons. The Bertz CT molecular complexity index is 535. The minimum Gasteiger partial charge on any atom is -0.315 e. The van der Waals surface area contributed by atoms with Gasteiger partial charge in [0.25, 0.3) is 0 Å². The molecule has 1 rings (SSSR count). The number of hydrogen-bond donors (Lipinski definition) is 2. The summed E-state index contributed by atoms with van der Waals surface area (Å²) in [5.41, 5.74) is 2.50. The lowest BCUT2D eigenvalue weighted by Crippen LogP contribution is -2.35. The molecule has 0 saturated heterocycles. The average molecular weight is 363 g/mol. The molecule has 6 heteroatoms. The van der Waals surface area contributed by atoms with Gasteiger partial charge in [0.05, 0.1) is 10.9 Å². The van der Waals surface area contributed by atoms with Crippen LogP contribution in [0.2, 0.25) is 0 Å². The van der Waals surface area contributed by atoms with Gasteiger partial charge in [0.15, 0.2) is 0 Å². The van der Waals surface area contributed by atoms with E-state index in [4.69, 9.17) is 0 Å². The Kier molecular flexibility index (Phi) is 6.48. The molecule has 4 nitrogen and oxygen atoms in total. The van der Waals surface area contributed by atoms with Gasteiger partial charge in [-0.15, -0.1) is 0 Å². The average Bonchev–Trinajstić information content (AvgIpc) is 2.34. The van der Waals surface area contributed by atoms with E-state index < -0.39 is 15.3 Å². The Hall–Kier alpha value is -0.590. The zero-order valence-corrected chi connectivity index (χ0v) is 14.9. The minimum atomic E-state index is -3.38. The van der Waals surface area contributed by atoms with Crippen molar-refractivity contribution in [3.63, 3.8) is 0 Å². The van der Waals surface area contributed by atoms with Crippen molar-refractivity contribution < 1.29 is 8.42 Å². The highest BCUT2D eigenvalue weighted by Gasteiger charge is 2.21. The van der Waals surface area contributed by atoms with Gasteiger partial charge in [0.1, 0.15) is 0 Å². The predicted molar refractivity (Wildman–Crippen MR) is 88.8 cm³/mol. The van der Waals surface area contributed by atoms with Crippen molar-refractivity contribution in [3.8, 4) is 0 Å². The molecule has 2 N–H and O–H groups in total. The lowest BCUT2D eigenvalue weighted by Gasteiger charge is -2.18. The highest BCUT2D eigenvalue weighted by atomic mass is 79.9. The van der Waals surface area contributed by atoms with Gasteiger partial charge in [-0.3, -0.25) is 4.72 Å². The Morgan fingerprint density at radius 1 is 1.25 bits per heavy atom. The summed E-state index contributed by atoms with van der Waals surface area (Å²) in [5.74, 6) is 0. The van der Waals surface area contributed by atoms with E-state index in [1.807, 2.05) is 26.0 Å². The van der Waals surface area contributed by atoms with Gasteiger partial charge < -0.3 is 5.32 Å². The van der Waals surface area contributed by atoms with Crippen molar-refractivity contribution in [2.45, 2.75) is 39.4 Å². The fraction of sp³-hybridized carbons (Fsp3) is 0.571. The standard InChI is InChI=1S/C14H23BrN2O2S/c1-5-6-16-9-12(4)20(18,19)17-14-10(2)7-13(15)8-11(14)3/h7-8,12,16-17H,5-6,9H2,1-4H3. The normalized spacial score (nSPS) is 13.2. The van der Waals surface area contributed by atoms with Gasteiger partial charge in [-0.05, 0) is 57.0 Å². The van der Waals surface area contributed by atoms with Gasteiger partial charge >= 0.3 is 0 Å². The maximum absolute atomic E-state index is 12.3. The molecule has 1 aromatic rings. The second-order valence-corrected chi connectivity index (χ2v) is 8.09. The quantitative estimate of drug-likeness (QED) is 0.732. The van der Waals surface area contributed by atoms with Crippen LogP contribution >= 0.6 is 15.9 Å². The van der Waals surface area contributed by atoms with E-state index in [2.05, 4.69) is 32.9 Å². The first-order valence-corrected chi connectivity index (χ1v) is 9.11. The molecule has 0 aliphatic heterocycles. The van der Waals surface area contributed by atoms with E-state index >= 15 is 0 Å². The summed E-state index contributed by atoms with van der Waals surface area (Å²) in [6.45, 7) is 8.85. The molecule has 0 spiro atoms. The first kappa shape index (κ1) is 17.5. The maximum atomic E-state index is 12.3. The fourth-order valence-electron chi connectivity index (χ4n) is 1.91. The summed E-state index contributed by atoms with van der Waals surface area (Å²) in [5, 5.41) is 2.66. The lowest BCUT2D eigenvalue weighted by atomic mass is 10.1. The monoisotopic (exact) mass is 362 g/mol. The number of halogens is 1. The summed E-state index contributed by atoms with van der Waals surface area (Å²) in [6.07, 6.45) is 0.991. The molecular formula is C14H23BrN2O2S. The molecule has 0 aliphatic carbocycles. The Balaban J connectivity index is 2.86. The number of anilines is 1. The number of aryl methyl sites for hydroxylation is 2. The van der Waals surface area contributed by atoms with Crippen LogP contribution in [-0.4, -0.2) is 26.8 Å². The van der Waals surface area contributed by atoms with Crippen LogP contribution < -0.4 is 10.0 Å². The van der Waals surface area contributed by atoms with Crippen molar-refractivity contribution in [2.75, 3.05) is 17.8 Å². The van der Waals surface area contributed by atoms with Crippen LogP contribution in [0.4, 0.5) is 5.69 Å². The van der Waals surface area contributed by atoms with Crippen molar-refractivity contribution in [1.29, 1.82) is 0 Å². The smallest absolute Gasteiger partial charge is 0.236 e. The molecule has 0 heterocycles. The molecule has 1 aromatic carbocycles. The molecule has 114 valence electrons. The molecule has 0 saturated carbocycles. The second kappa shape index (κ2) is 7.43. The van der Waals surface area contributed by atoms with E-state index in [-0.39, 0.29) is 0 Å². The van der Waals surface area contributed by atoms with Crippen LogP contribution in [0.5, 0.6) is 0 Å². The Morgan fingerprint density at radius 2 is 1.80 bits per heavy atom. The van der Waals surface area contributed by atoms with E-state index in [9.17, 15) is 8.42 Å². The molecule has 20 heavy (non-hydrogen) atoms. The SMILES string of the molecule is CCCNCC(C)S(=O)(=O)Nc1c(C)cc(Br)cc1C. The topological polar surface area (TPSA) is 58.2 Å². The zero-order chi connectivity index (χ0) is 15.3. The van der Waals surface area contributed by atoms with Crippen LogP contribution in [0.1, 0.15) is 31.4 Å². The first-order chi connectivity index (χ1) is 9.27. The zero-order valence-electron chi connectivity index (χ0n) is 12.5. The summed E-state index contributed by atoms with van der Waals surface area (Å²) < 4.78 is 28.3. The number of sulfonamides is 1. The molecule has 0 bridgehead atoms. The molecule has 0 fully saturated rings. The van der Waals surface area contributed by atoms with E-state index in [0.717, 1.165) is 28.6 Å². The van der Waals surface area contributed by atoms with Gasteiger partial charge in [0.2, 0.25) is 10.0 Å². The highest BCUT2D eigenvalue weighted by molar-refractivity contribution is 9.10. The van der Waals surface area contributed by atoms with Gasteiger partial charge in [-0.2, -0.15) is 0 Å². The molecule has 0 amide bonds. The van der Waals surface area contributed by atoms with E-state index in [1.165, 1.54) is 0 Å². The summed E-state index contributed by atoms with van der Waals surface area (Å²) in [4.78, 5) is 0. The van der Waals surface area contributed by atoms with Crippen molar-refractivity contribution in [3.05, 3.63) is 27.7 Å². The van der Waals surface area contributed by atoms with Crippen molar-refractivity contribution in [2.24, 2.45) is 0 Å². The van der Waals surface area contributed by atoms with Gasteiger partial charge in [0, 0.05) is 11.0 Å². The summed E-state index contributed by atoms with van der Waals surface area (Å²) in [6, 6.07) is 3.82. The third kappa shape index (κ3) is 4.75. The largest absolute Gasteiger partial charge is 0.315 e. The summed E-state index contributed by atoms with van der Waals surface area (Å²) >= 11 is 3.41.